The fraction of sp³-hybridized carbons (Fsp3) is 0.406. The van der Waals surface area contributed by atoms with Gasteiger partial charge < -0.3 is 20.3 Å². The molecule has 3 N–H and O–H groups in total. The number of carbonyl (C=O) groups excluding carboxylic acids is 1. The van der Waals surface area contributed by atoms with Gasteiger partial charge in [-0.25, -0.2) is 0 Å². The Balaban J connectivity index is 1.27. The minimum Gasteiger partial charge on any atom is -0.507 e. The molecule has 0 spiro atoms. The predicted octanol–water partition coefficient (Wildman–Crippen LogP) is 6.79. The summed E-state index contributed by atoms with van der Waals surface area (Å²) in [6.45, 7) is 4.73. The van der Waals surface area contributed by atoms with Crippen LogP contribution in [0, 0.1) is 0 Å². The molecule has 0 aromatic heterocycles. The van der Waals surface area contributed by atoms with Gasteiger partial charge in [-0.05, 0) is 77.1 Å². The summed E-state index contributed by atoms with van der Waals surface area (Å²) in [5.41, 5.74) is 14.9. The lowest BCUT2D eigenvalue weighted by Gasteiger charge is -2.14. The molecular weight excluding hydrogens is 462 g/mol. The lowest BCUT2D eigenvalue weighted by atomic mass is 9.95. The van der Waals surface area contributed by atoms with Gasteiger partial charge in [-0.3, -0.25) is 4.79 Å². The zero-order chi connectivity index (χ0) is 26.2. The zero-order valence-corrected chi connectivity index (χ0v) is 22.1. The number of fused-ring (bicyclic) bond motifs is 3. The molecule has 37 heavy (non-hydrogen) atoms. The van der Waals surface area contributed by atoms with Crippen LogP contribution < -0.4 is 10.5 Å². The van der Waals surface area contributed by atoms with Crippen LogP contribution in [0.3, 0.4) is 0 Å². The summed E-state index contributed by atoms with van der Waals surface area (Å²) >= 11 is 0. The second kappa shape index (κ2) is 12.7. The first kappa shape index (κ1) is 26.6. The van der Waals surface area contributed by atoms with Gasteiger partial charge in [-0.15, -0.1) is 0 Å². The van der Waals surface area contributed by atoms with Crippen molar-refractivity contribution >= 4 is 11.7 Å². The van der Waals surface area contributed by atoms with E-state index in [1.807, 2.05) is 30.3 Å². The second-order valence-electron chi connectivity index (χ2n) is 9.88. The van der Waals surface area contributed by atoms with Gasteiger partial charge in [0.25, 0.3) is 0 Å². The number of ether oxygens (including phenoxy) is 2. The molecule has 0 heterocycles. The van der Waals surface area contributed by atoms with E-state index in [0.717, 1.165) is 72.8 Å². The summed E-state index contributed by atoms with van der Waals surface area (Å²) in [4.78, 5) is 12.4. The summed E-state index contributed by atoms with van der Waals surface area (Å²) < 4.78 is 11.3. The minimum absolute atomic E-state index is 0.175. The van der Waals surface area contributed by atoms with Crippen molar-refractivity contribution in [2.45, 2.75) is 71.6 Å². The quantitative estimate of drug-likeness (QED) is 0.120. The Morgan fingerprint density at radius 2 is 1.62 bits per heavy atom. The number of phenols is 1. The molecule has 0 atom stereocenters. The number of benzene rings is 3. The minimum atomic E-state index is -0.251. The van der Waals surface area contributed by atoms with E-state index >= 15 is 0 Å². The molecule has 3 aromatic rings. The Bertz CT molecular complexity index is 1200. The van der Waals surface area contributed by atoms with E-state index in [0.29, 0.717) is 30.0 Å². The molecule has 0 fully saturated rings. The highest BCUT2D eigenvalue weighted by atomic mass is 16.6. The Morgan fingerprint density at radius 1 is 0.919 bits per heavy atom. The van der Waals surface area contributed by atoms with E-state index in [2.05, 4.69) is 32.0 Å². The van der Waals surface area contributed by atoms with Crippen LogP contribution in [0.15, 0.2) is 48.5 Å². The van der Waals surface area contributed by atoms with Crippen LogP contribution in [-0.2, 0) is 35.2 Å². The number of unbranched alkanes of at least 4 members (excludes halogenated alkanes) is 2. The van der Waals surface area contributed by atoms with Crippen molar-refractivity contribution in [1.82, 2.24) is 0 Å². The number of hydrogen-bond acceptors (Lipinski definition) is 5. The molecule has 196 valence electrons. The Morgan fingerprint density at radius 3 is 2.32 bits per heavy atom. The normalized spacial score (nSPS) is 11.7. The van der Waals surface area contributed by atoms with Gasteiger partial charge in [0.15, 0.2) is 0 Å². The van der Waals surface area contributed by atoms with E-state index < -0.39 is 0 Å². The molecule has 3 aromatic carbocycles. The molecule has 5 heteroatoms. The van der Waals surface area contributed by atoms with Crippen molar-refractivity contribution in [2.24, 2.45) is 0 Å². The molecule has 0 radical (unpaired) electrons. The molecule has 0 saturated heterocycles. The number of phenolic OH excluding ortho intramolecular Hbond substituents is 1. The maximum absolute atomic E-state index is 12.4. The smallest absolute Gasteiger partial charge is 0.306 e. The van der Waals surface area contributed by atoms with Crippen LogP contribution in [-0.4, -0.2) is 24.3 Å². The number of carbonyl (C=O) groups is 1. The maximum Gasteiger partial charge on any atom is 0.306 e. The molecule has 1 aliphatic rings. The SMILES string of the molecule is CCCCc1cc(CCC(=O)OCCOc2ccc3c(c2N)Cc2ccccc2-3)cc(CCCC)c1O. The first-order valence-corrected chi connectivity index (χ1v) is 13.6. The molecule has 4 rings (SSSR count). The average molecular weight is 502 g/mol. The third-order valence-corrected chi connectivity index (χ3v) is 7.14. The van der Waals surface area contributed by atoms with Gasteiger partial charge in [0.05, 0.1) is 5.69 Å². The van der Waals surface area contributed by atoms with Crippen molar-refractivity contribution in [2.75, 3.05) is 18.9 Å². The van der Waals surface area contributed by atoms with Crippen molar-refractivity contribution in [3.8, 4) is 22.6 Å². The fourth-order valence-electron chi connectivity index (χ4n) is 5.06. The van der Waals surface area contributed by atoms with E-state index in [9.17, 15) is 9.90 Å². The van der Waals surface area contributed by atoms with Gasteiger partial charge in [0.1, 0.15) is 24.7 Å². The van der Waals surface area contributed by atoms with Gasteiger partial charge in [0.2, 0.25) is 0 Å². The van der Waals surface area contributed by atoms with Crippen LogP contribution in [0.2, 0.25) is 0 Å². The largest absolute Gasteiger partial charge is 0.507 e. The number of hydrogen-bond donors (Lipinski definition) is 2. The second-order valence-corrected chi connectivity index (χ2v) is 9.88. The van der Waals surface area contributed by atoms with Crippen LogP contribution in [0.25, 0.3) is 11.1 Å². The number of aromatic hydroxyl groups is 1. The Hall–Kier alpha value is -3.47. The van der Waals surface area contributed by atoms with Crippen LogP contribution in [0.4, 0.5) is 5.69 Å². The highest BCUT2D eigenvalue weighted by Crippen LogP contribution is 2.42. The number of rotatable bonds is 13. The molecule has 0 amide bonds. The number of anilines is 1. The third-order valence-electron chi connectivity index (χ3n) is 7.14. The van der Waals surface area contributed by atoms with Gasteiger partial charge >= 0.3 is 5.97 Å². The third kappa shape index (κ3) is 6.46. The van der Waals surface area contributed by atoms with Gasteiger partial charge in [0, 0.05) is 12.8 Å². The number of esters is 1. The molecule has 0 aliphatic heterocycles. The number of aryl methyl sites for hydroxylation is 3. The lowest BCUT2D eigenvalue weighted by Crippen LogP contribution is -2.13. The summed E-state index contributed by atoms with van der Waals surface area (Å²) in [7, 11) is 0. The Labute approximate surface area is 220 Å². The van der Waals surface area contributed by atoms with E-state index in [1.54, 1.807) is 0 Å². The van der Waals surface area contributed by atoms with E-state index in [1.165, 1.54) is 11.1 Å². The van der Waals surface area contributed by atoms with Gasteiger partial charge in [-0.1, -0.05) is 69.2 Å². The summed E-state index contributed by atoms with van der Waals surface area (Å²) in [6.07, 6.45) is 7.63. The Kier molecular flexibility index (Phi) is 9.10. The van der Waals surface area contributed by atoms with E-state index in [-0.39, 0.29) is 19.2 Å². The van der Waals surface area contributed by atoms with Crippen molar-refractivity contribution < 1.29 is 19.4 Å². The fourth-order valence-corrected chi connectivity index (χ4v) is 5.06. The maximum atomic E-state index is 12.4. The average Bonchev–Trinajstić information content (AvgIpc) is 3.29. The predicted molar refractivity (Wildman–Crippen MR) is 149 cm³/mol. The summed E-state index contributed by atoms with van der Waals surface area (Å²) in [5, 5.41) is 10.7. The van der Waals surface area contributed by atoms with Crippen LogP contribution in [0.1, 0.15) is 73.8 Å². The zero-order valence-electron chi connectivity index (χ0n) is 22.1. The standard InChI is InChI=1S/C32H39NO4/c1-3-5-9-24-19-22(20-25(32(24)35)10-6-4-2)13-16-30(34)37-18-17-36-29-15-14-27-26-12-8-7-11-23(26)21-28(27)31(29)33/h7-8,11-12,14-15,19-20,35H,3-6,9-10,13,16-18,21,33H2,1-2H3. The van der Waals surface area contributed by atoms with Crippen LogP contribution in [0.5, 0.6) is 11.5 Å². The van der Waals surface area contributed by atoms with Crippen molar-refractivity contribution in [3.05, 3.63) is 76.3 Å². The lowest BCUT2D eigenvalue weighted by molar-refractivity contribution is -0.144. The number of nitrogen functional groups attached to an aromatic ring is 1. The van der Waals surface area contributed by atoms with Crippen molar-refractivity contribution in [1.29, 1.82) is 0 Å². The topological polar surface area (TPSA) is 81.8 Å². The molecule has 0 bridgehead atoms. The molecule has 0 saturated carbocycles. The summed E-state index contributed by atoms with van der Waals surface area (Å²) in [5.74, 6) is 0.810. The first-order valence-electron chi connectivity index (χ1n) is 13.6. The van der Waals surface area contributed by atoms with Crippen molar-refractivity contribution in [3.63, 3.8) is 0 Å². The summed E-state index contributed by atoms with van der Waals surface area (Å²) in [6, 6.07) is 16.4. The molecule has 5 nitrogen and oxygen atoms in total. The van der Waals surface area contributed by atoms with E-state index in [4.69, 9.17) is 15.2 Å². The van der Waals surface area contributed by atoms with Gasteiger partial charge in [-0.2, -0.15) is 0 Å². The number of nitrogens with two attached hydrogens (primary N) is 1. The molecule has 1 aliphatic carbocycles. The highest BCUT2D eigenvalue weighted by Gasteiger charge is 2.22. The highest BCUT2D eigenvalue weighted by molar-refractivity contribution is 5.83. The van der Waals surface area contributed by atoms with Crippen LogP contribution >= 0.6 is 0 Å². The molecular formula is C32H39NO4. The first-order chi connectivity index (χ1) is 18.0. The molecule has 0 unspecified atom stereocenters. The monoisotopic (exact) mass is 501 g/mol.